The van der Waals surface area contributed by atoms with Crippen molar-refractivity contribution < 1.29 is 9.53 Å². The van der Waals surface area contributed by atoms with Gasteiger partial charge in [-0.3, -0.25) is 4.79 Å². The maximum atomic E-state index is 11.9. The lowest BCUT2D eigenvalue weighted by atomic mass is 10.2. The summed E-state index contributed by atoms with van der Waals surface area (Å²) in [7, 11) is 0. The lowest BCUT2D eigenvalue weighted by Crippen LogP contribution is -2.40. The van der Waals surface area contributed by atoms with Crippen molar-refractivity contribution in [1.29, 1.82) is 0 Å². The minimum Gasteiger partial charge on any atom is -0.493 e. The highest BCUT2D eigenvalue weighted by Crippen LogP contribution is 2.30. The SMILES string of the molecule is CCNC(=NCc1ccccc1OCC1CC1)NCCC(=O)NC(C)CC.I. The van der Waals surface area contributed by atoms with Crippen LogP contribution in [0.3, 0.4) is 0 Å². The third kappa shape index (κ3) is 9.61. The zero-order valence-corrected chi connectivity index (χ0v) is 19.6. The molecule has 1 aromatic carbocycles. The van der Waals surface area contributed by atoms with Crippen molar-refractivity contribution in [3.63, 3.8) is 0 Å². The number of halogens is 1. The van der Waals surface area contributed by atoms with Gasteiger partial charge >= 0.3 is 0 Å². The Hall–Kier alpha value is -1.51. The zero-order valence-electron chi connectivity index (χ0n) is 17.3. The molecule has 1 atom stereocenters. The second-order valence-corrected chi connectivity index (χ2v) is 7.11. The Kier molecular flexibility index (Phi) is 11.9. The molecule has 28 heavy (non-hydrogen) atoms. The summed E-state index contributed by atoms with van der Waals surface area (Å²) in [5.41, 5.74) is 1.07. The zero-order chi connectivity index (χ0) is 19.5. The number of hydrogen-bond acceptors (Lipinski definition) is 3. The Morgan fingerprint density at radius 1 is 1.25 bits per heavy atom. The van der Waals surface area contributed by atoms with Gasteiger partial charge in [0, 0.05) is 31.1 Å². The van der Waals surface area contributed by atoms with E-state index in [9.17, 15) is 4.79 Å². The molecule has 0 bridgehead atoms. The monoisotopic (exact) mass is 502 g/mol. The van der Waals surface area contributed by atoms with Gasteiger partial charge in [-0.15, -0.1) is 24.0 Å². The summed E-state index contributed by atoms with van der Waals surface area (Å²) in [6.45, 7) is 8.75. The number of hydrogen-bond donors (Lipinski definition) is 3. The van der Waals surface area contributed by atoms with Crippen LogP contribution >= 0.6 is 24.0 Å². The van der Waals surface area contributed by atoms with Crippen molar-refractivity contribution in [1.82, 2.24) is 16.0 Å². The molecule has 7 heteroatoms. The molecule has 0 saturated heterocycles. The van der Waals surface area contributed by atoms with E-state index < -0.39 is 0 Å². The van der Waals surface area contributed by atoms with Crippen LogP contribution in [0.4, 0.5) is 0 Å². The molecule has 1 aliphatic rings. The number of aliphatic imine (C=N–C) groups is 1. The lowest BCUT2D eigenvalue weighted by molar-refractivity contribution is -0.121. The van der Waals surface area contributed by atoms with Gasteiger partial charge in [0.15, 0.2) is 5.96 Å². The highest BCUT2D eigenvalue weighted by molar-refractivity contribution is 14.0. The molecule has 0 aromatic heterocycles. The standard InChI is InChI=1S/C21H34N4O2.HI/c1-4-16(3)25-20(26)12-13-23-21(22-5-2)24-14-18-8-6-7-9-19(18)27-15-17-10-11-17;/h6-9,16-17H,4-5,10-15H2,1-3H3,(H,25,26)(H2,22,23,24);1H. The molecule has 1 fully saturated rings. The van der Waals surface area contributed by atoms with Gasteiger partial charge in [0.1, 0.15) is 5.75 Å². The van der Waals surface area contributed by atoms with Gasteiger partial charge in [0.2, 0.25) is 5.91 Å². The van der Waals surface area contributed by atoms with Gasteiger partial charge in [-0.2, -0.15) is 0 Å². The molecule has 2 rings (SSSR count). The predicted octanol–water partition coefficient (Wildman–Crippen LogP) is 3.45. The molecule has 1 amide bonds. The smallest absolute Gasteiger partial charge is 0.221 e. The summed E-state index contributed by atoms with van der Waals surface area (Å²) in [4.78, 5) is 16.5. The van der Waals surface area contributed by atoms with Crippen LogP contribution < -0.4 is 20.7 Å². The fourth-order valence-corrected chi connectivity index (χ4v) is 2.52. The van der Waals surface area contributed by atoms with E-state index in [4.69, 9.17) is 4.74 Å². The van der Waals surface area contributed by atoms with Crippen LogP contribution in [0.2, 0.25) is 0 Å². The maximum absolute atomic E-state index is 11.9. The van der Waals surface area contributed by atoms with E-state index in [0.29, 0.717) is 25.5 Å². The first-order valence-corrected chi connectivity index (χ1v) is 10.1. The third-order valence-corrected chi connectivity index (χ3v) is 4.56. The highest BCUT2D eigenvalue weighted by Gasteiger charge is 2.22. The van der Waals surface area contributed by atoms with Crippen molar-refractivity contribution in [2.75, 3.05) is 19.7 Å². The van der Waals surface area contributed by atoms with Gasteiger partial charge in [0.05, 0.1) is 13.2 Å². The van der Waals surface area contributed by atoms with Crippen molar-refractivity contribution in [2.45, 2.75) is 59.0 Å². The number of rotatable bonds is 11. The van der Waals surface area contributed by atoms with Crippen LogP contribution in [-0.4, -0.2) is 37.6 Å². The van der Waals surface area contributed by atoms with E-state index in [2.05, 4.69) is 33.9 Å². The van der Waals surface area contributed by atoms with Crippen LogP contribution in [0.1, 0.15) is 52.0 Å². The first-order valence-electron chi connectivity index (χ1n) is 10.1. The topological polar surface area (TPSA) is 74.8 Å². The van der Waals surface area contributed by atoms with E-state index in [1.54, 1.807) is 0 Å². The minimum absolute atomic E-state index is 0. The van der Waals surface area contributed by atoms with Crippen molar-refractivity contribution in [2.24, 2.45) is 10.9 Å². The maximum Gasteiger partial charge on any atom is 0.221 e. The number of para-hydroxylation sites is 1. The van der Waals surface area contributed by atoms with E-state index >= 15 is 0 Å². The van der Waals surface area contributed by atoms with Crippen LogP contribution in [-0.2, 0) is 11.3 Å². The number of amides is 1. The lowest BCUT2D eigenvalue weighted by Gasteiger charge is -2.14. The van der Waals surface area contributed by atoms with E-state index in [-0.39, 0.29) is 35.9 Å². The van der Waals surface area contributed by atoms with E-state index in [1.807, 2.05) is 32.0 Å². The van der Waals surface area contributed by atoms with Gasteiger partial charge in [0.25, 0.3) is 0 Å². The molecule has 0 heterocycles. The largest absolute Gasteiger partial charge is 0.493 e. The van der Waals surface area contributed by atoms with Gasteiger partial charge in [-0.05, 0) is 45.1 Å². The molecule has 158 valence electrons. The molecular weight excluding hydrogens is 467 g/mol. The average Bonchev–Trinajstić information content (AvgIpc) is 3.49. The molecule has 0 spiro atoms. The van der Waals surface area contributed by atoms with Crippen molar-refractivity contribution in [3.8, 4) is 5.75 Å². The number of ether oxygens (including phenoxy) is 1. The van der Waals surface area contributed by atoms with E-state index in [0.717, 1.165) is 36.8 Å². The predicted molar refractivity (Wildman–Crippen MR) is 125 cm³/mol. The van der Waals surface area contributed by atoms with Crippen LogP contribution in [0.25, 0.3) is 0 Å². The second-order valence-electron chi connectivity index (χ2n) is 7.11. The van der Waals surface area contributed by atoms with Crippen LogP contribution in [0.15, 0.2) is 29.3 Å². The summed E-state index contributed by atoms with van der Waals surface area (Å²) in [5.74, 6) is 2.41. The molecule has 1 unspecified atom stereocenters. The molecule has 6 nitrogen and oxygen atoms in total. The Bertz CT molecular complexity index is 620. The molecular formula is C21H35IN4O2. The summed E-state index contributed by atoms with van der Waals surface area (Å²) < 4.78 is 5.95. The number of guanidine groups is 1. The van der Waals surface area contributed by atoms with Crippen LogP contribution in [0, 0.1) is 5.92 Å². The fourth-order valence-electron chi connectivity index (χ4n) is 2.52. The number of benzene rings is 1. The number of carbonyl (C=O) groups is 1. The first-order chi connectivity index (χ1) is 13.1. The average molecular weight is 502 g/mol. The molecule has 1 aromatic rings. The minimum atomic E-state index is 0. The summed E-state index contributed by atoms with van der Waals surface area (Å²) in [5, 5.41) is 9.43. The highest BCUT2D eigenvalue weighted by atomic mass is 127. The van der Waals surface area contributed by atoms with Gasteiger partial charge < -0.3 is 20.7 Å². The normalized spacial score (nSPS) is 14.6. The molecule has 0 aliphatic heterocycles. The van der Waals surface area contributed by atoms with Crippen molar-refractivity contribution in [3.05, 3.63) is 29.8 Å². The van der Waals surface area contributed by atoms with E-state index in [1.165, 1.54) is 12.8 Å². The van der Waals surface area contributed by atoms with Crippen LogP contribution in [0.5, 0.6) is 5.75 Å². The summed E-state index contributed by atoms with van der Waals surface area (Å²) in [6, 6.07) is 8.27. The Balaban J connectivity index is 0.00000392. The molecule has 3 N–H and O–H groups in total. The molecule has 1 aliphatic carbocycles. The molecule has 1 saturated carbocycles. The fraction of sp³-hybridized carbons (Fsp3) is 0.619. The first kappa shape index (κ1) is 24.5. The van der Waals surface area contributed by atoms with Crippen molar-refractivity contribution >= 4 is 35.8 Å². The van der Waals surface area contributed by atoms with Gasteiger partial charge in [-0.25, -0.2) is 4.99 Å². The van der Waals surface area contributed by atoms with Gasteiger partial charge in [-0.1, -0.05) is 25.1 Å². The quantitative estimate of drug-likeness (QED) is 0.246. The molecule has 0 radical (unpaired) electrons. The second kappa shape index (κ2) is 13.6. The Morgan fingerprint density at radius 3 is 2.68 bits per heavy atom. The Morgan fingerprint density at radius 2 is 2.00 bits per heavy atom. The summed E-state index contributed by atoms with van der Waals surface area (Å²) >= 11 is 0. The number of nitrogens with one attached hydrogen (secondary N) is 3. The third-order valence-electron chi connectivity index (χ3n) is 4.56. The summed E-state index contributed by atoms with van der Waals surface area (Å²) in [6.07, 6.45) is 3.92. The number of carbonyl (C=O) groups excluding carboxylic acids is 1. The number of nitrogens with zero attached hydrogens (tertiary/aromatic N) is 1. The Labute approximate surface area is 186 Å².